The highest BCUT2D eigenvalue weighted by Gasteiger charge is 2.34. The van der Waals surface area contributed by atoms with Crippen molar-refractivity contribution < 1.29 is 0 Å². The van der Waals surface area contributed by atoms with Crippen molar-refractivity contribution in [2.75, 3.05) is 19.6 Å². The summed E-state index contributed by atoms with van der Waals surface area (Å²) in [5, 5.41) is 0. The van der Waals surface area contributed by atoms with Crippen molar-refractivity contribution in [3.8, 4) is 0 Å². The highest BCUT2D eigenvalue weighted by atomic mass is 79.9. The van der Waals surface area contributed by atoms with Gasteiger partial charge in [0, 0.05) is 16.6 Å². The highest BCUT2D eigenvalue weighted by Crippen LogP contribution is 2.28. The fourth-order valence-electron chi connectivity index (χ4n) is 2.22. The predicted molar refractivity (Wildman–Crippen MR) is 71.5 cm³/mol. The van der Waals surface area contributed by atoms with Crippen LogP contribution in [0.5, 0.6) is 0 Å². The van der Waals surface area contributed by atoms with Gasteiger partial charge in [-0.05, 0) is 44.5 Å². The van der Waals surface area contributed by atoms with Crippen LogP contribution in [0.15, 0.2) is 28.7 Å². The molecular weight excluding hydrogens is 264 g/mol. The number of benzene rings is 1. The molecule has 1 aliphatic rings. The van der Waals surface area contributed by atoms with Gasteiger partial charge in [0.25, 0.3) is 0 Å². The second kappa shape index (κ2) is 4.86. The minimum Gasteiger partial charge on any atom is -0.329 e. The van der Waals surface area contributed by atoms with Crippen LogP contribution >= 0.6 is 15.9 Å². The lowest BCUT2D eigenvalue weighted by Crippen LogP contribution is -2.58. The van der Waals surface area contributed by atoms with Crippen LogP contribution in [-0.4, -0.2) is 30.1 Å². The average molecular weight is 283 g/mol. The van der Waals surface area contributed by atoms with E-state index in [0.29, 0.717) is 6.54 Å². The summed E-state index contributed by atoms with van der Waals surface area (Å²) in [7, 11) is 0. The van der Waals surface area contributed by atoms with E-state index in [2.05, 4.69) is 52.0 Å². The van der Waals surface area contributed by atoms with Gasteiger partial charge in [-0.25, -0.2) is 0 Å². The number of nitrogens with two attached hydrogens (primary N) is 1. The monoisotopic (exact) mass is 282 g/mol. The van der Waals surface area contributed by atoms with Crippen LogP contribution in [0.3, 0.4) is 0 Å². The van der Waals surface area contributed by atoms with Crippen LogP contribution in [-0.2, 0) is 6.42 Å². The molecule has 2 nitrogen and oxygen atoms in total. The highest BCUT2D eigenvalue weighted by molar-refractivity contribution is 9.10. The standard InChI is InChI=1S/C13H19BrN2/c1-13(10-15,16-7-4-8-16)9-11-5-2-3-6-12(11)14/h2-3,5-6H,4,7-10,15H2,1H3. The average Bonchev–Trinajstić information content (AvgIpc) is 2.19. The van der Waals surface area contributed by atoms with Crippen LogP contribution in [0.2, 0.25) is 0 Å². The maximum atomic E-state index is 5.96. The Morgan fingerprint density at radius 2 is 2.06 bits per heavy atom. The van der Waals surface area contributed by atoms with Gasteiger partial charge in [-0.2, -0.15) is 0 Å². The summed E-state index contributed by atoms with van der Waals surface area (Å²) in [4.78, 5) is 2.49. The molecule has 1 heterocycles. The van der Waals surface area contributed by atoms with E-state index in [1.807, 2.05) is 0 Å². The normalized spacial score (nSPS) is 20.2. The van der Waals surface area contributed by atoms with Crippen molar-refractivity contribution in [1.29, 1.82) is 0 Å². The molecule has 0 amide bonds. The van der Waals surface area contributed by atoms with Crippen molar-refractivity contribution in [2.45, 2.75) is 25.3 Å². The van der Waals surface area contributed by atoms with Crippen LogP contribution in [0.25, 0.3) is 0 Å². The molecule has 0 saturated carbocycles. The fourth-order valence-corrected chi connectivity index (χ4v) is 2.65. The molecule has 1 fully saturated rings. The van der Waals surface area contributed by atoms with Gasteiger partial charge in [0.1, 0.15) is 0 Å². The van der Waals surface area contributed by atoms with E-state index in [1.54, 1.807) is 0 Å². The fraction of sp³-hybridized carbons (Fsp3) is 0.538. The molecule has 1 aromatic carbocycles. The maximum absolute atomic E-state index is 5.96. The molecule has 0 aliphatic carbocycles. The second-order valence-electron chi connectivity index (χ2n) is 4.81. The Bertz CT molecular complexity index is 363. The predicted octanol–water partition coefficient (Wildman–Crippen LogP) is 2.41. The van der Waals surface area contributed by atoms with Gasteiger partial charge in [-0.1, -0.05) is 34.1 Å². The smallest absolute Gasteiger partial charge is 0.0344 e. The van der Waals surface area contributed by atoms with Gasteiger partial charge in [0.15, 0.2) is 0 Å². The zero-order valence-electron chi connectivity index (χ0n) is 9.75. The lowest BCUT2D eigenvalue weighted by Gasteiger charge is -2.46. The van der Waals surface area contributed by atoms with E-state index >= 15 is 0 Å². The molecule has 0 radical (unpaired) electrons. The summed E-state index contributed by atoms with van der Waals surface area (Å²) in [6.07, 6.45) is 2.33. The van der Waals surface area contributed by atoms with E-state index in [0.717, 1.165) is 6.42 Å². The molecule has 1 aromatic rings. The largest absolute Gasteiger partial charge is 0.329 e. The third-order valence-corrected chi connectivity index (χ3v) is 4.36. The molecular formula is C13H19BrN2. The SMILES string of the molecule is CC(CN)(Cc1ccccc1Br)N1CCC1. The molecule has 16 heavy (non-hydrogen) atoms. The topological polar surface area (TPSA) is 29.3 Å². The van der Waals surface area contributed by atoms with Crippen molar-refractivity contribution in [3.05, 3.63) is 34.3 Å². The van der Waals surface area contributed by atoms with Gasteiger partial charge in [0.2, 0.25) is 0 Å². The Kier molecular flexibility index (Phi) is 3.67. The Labute approximate surface area is 106 Å². The van der Waals surface area contributed by atoms with Gasteiger partial charge in [0.05, 0.1) is 0 Å². The number of nitrogens with zero attached hydrogens (tertiary/aromatic N) is 1. The Morgan fingerprint density at radius 1 is 1.38 bits per heavy atom. The van der Waals surface area contributed by atoms with E-state index in [1.165, 1.54) is 29.5 Å². The van der Waals surface area contributed by atoms with E-state index in [-0.39, 0.29) is 5.54 Å². The van der Waals surface area contributed by atoms with E-state index in [9.17, 15) is 0 Å². The Morgan fingerprint density at radius 3 is 2.56 bits per heavy atom. The molecule has 1 atom stereocenters. The maximum Gasteiger partial charge on any atom is 0.0344 e. The Balaban J connectivity index is 2.14. The number of rotatable bonds is 4. The molecule has 0 aromatic heterocycles. The molecule has 2 N–H and O–H groups in total. The van der Waals surface area contributed by atoms with Crippen molar-refractivity contribution in [1.82, 2.24) is 4.90 Å². The first kappa shape index (κ1) is 12.1. The molecule has 1 saturated heterocycles. The van der Waals surface area contributed by atoms with Crippen molar-refractivity contribution in [2.24, 2.45) is 5.73 Å². The number of likely N-dealkylation sites (tertiary alicyclic amines) is 1. The van der Waals surface area contributed by atoms with Crippen LogP contribution < -0.4 is 5.73 Å². The minimum atomic E-state index is 0.113. The summed E-state index contributed by atoms with van der Waals surface area (Å²) in [6, 6.07) is 8.42. The zero-order valence-corrected chi connectivity index (χ0v) is 11.3. The van der Waals surface area contributed by atoms with Gasteiger partial charge < -0.3 is 5.73 Å². The van der Waals surface area contributed by atoms with Gasteiger partial charge in [-0.3, -0.25) is 4.90 Å². The summed E-state index contributed by atoms with van der Waals surface area (Å²) in [6.45, 7) is 5.37. The number of hydrogen-bond donors (Lipinski definition) is 1. The molecule has 0 bridgehead atoms. The molecule has 0 spiro atoms. The van der Waals surface area contributed by atoms with Crippen LogP contribution in [0, 0.1) is 0 Å². The summed E-state index contributed by atoms with van der Waals surface area (Å²) in [5.74, 6) is 0. The number of hydrogen-bond acceptors (Lipinski definition) is 2. The molecule has 2 rings (SSSR count). The third-order valence-electron chi connectivity index (χ3n) is 3.59. The van der Waals surface area contributed by atoms with Crippen molar-refractivity contribution in [3.63, 3.8) is 0 Å². The molecule has 1 unspecified atom stereocenters. The van der Waals surface area contributed by atoms with Gasteiger partial charge >= 0.3 is 0 Å². The Hall–Kier alpha value is -0.380. The first-order chi connectivity index (χ1) is 7.65. The lowest BCUT2D eigenvalue weighted by atomic mass is 9.88. The molecule has 3 heteroatoms. The zero-order chi connectivity index (χ0) is 11.6. The lowest BCUT2D eigenvalue weighted by molar-refractivity contribution is 0.0480. The van der Waals surface area contributed by atoms with E-state index in [4.69, 9.17) is 5.73 Å². The molecule has 1 aliphatic heterocycles. The quantitative estimate of drug-likeness (QED) is 0.919. The van der Waals surface area contributed by atoms with Gasteiger partial charge in [-0.15, -0.1) is 0 Å². The third kappa shape index (κ3) is 2.31. The summed E-state index contributed by atoms with van der Waals surface area (Å²) in [5.41, 5.74) is 7.42. The summed E-state index contributed by atoms with van der Waals surface area (Å²) >= 11 is 3.61. The van der Waals surface area contributed by atoms with Crippen LogP contribution in [0.1, 0.15) is 18.9 Å². The second-order valence-corrected chi connectivity index (χ2v) is 5.66. The van der Waals surface area contributed by atoms with Crippen LogP contribution in [0.4, 0.5) is 0 Å². The van der Waals surface area contributed by atoms with E-state index < -0.39 is 0 Å². The minimum absolute atomic E-state index is 0.113. The summed E-state index contributed by atoms with van der Waals surface area (Å²) < 4.78 is 1.19. The number of halogens is 1. The van der Waals surface area contributed by atoms with Crippen molar-refractivity contribution >= 4 is 15.9 Å². The first-order valence-electron chi connectivity index (χ1n) is 5.84. The molecule has 88 valence electrons. The first-order valence-corrected chi connectivity index (χ1v) is 6.63.